The van der Waals surface area contributed by atoms with Gasteiger partial charge in [0.05, 0.1) is 12.2 Å². The molecule has 38 heavy (non-hydrogen) atoms. The van der Waals surface area contributed by atoms with Crippen LogP contribution in [0.15, 0.2) is 65.2 Å². The van der Waals surface area contributed by atoms with Crippen LogP contribution in [0.3, 0.4) is 0 Å². The molecule has 2 fully saturated rings. The van der Waals surface area contributed by atoms with Gasteiger partial charge >= 0.3 is 0 Å². The third-order valence-corrected chi connectivity index (χ3v) is 8.64. The van der Waals surface area contributed by atoms with E-state index in [2.05, 4.69) is 85.8 Å². The van der Waals surface area contributed by atoms with Gasteiger partial charge in [-0.2, -0.15) is 0 Å². The second-order valence-corrected chi connectivity index (χ2v) is 11.1. The van der Waals surface area contributed by atoms with Crippen molar-refractivity contribution in [2.75, 3.05) is 50.7 Å². The molecule has 2 atom stereocenters. The van der Waals surface area contributed by atoms with Crippen molar-refractivity contribution in [2.24, 2.45) is 11.8 Å². The Bertz CT molecular complexity index is 1200. The molecule has 0 radical (unpaired) electrons. The third-order valence-electron chi connectivity index (χ3n) is 8.64. The van der Waals surface area contributed by atoms with E-state index in [9.17, 15) is 4.79 Å². The molecule has 0 aliphatic carbocycles. The average molecular weight is 514 g/mol. The van der Waals surface area contributed by atoms with Gasteiger partial charge in [0, 0.05) is 57.4 Å². The molecule has 2 aromatic carbocycles. The number of fused-ring (bicyclic) bond motifs is 1. The van der Waals surface area contributed by atoms with Gasteiger partial charge in [-0.15, -0.1) is 0 Å². The van der Waals surface area contributed by atoms with Gasteiger partial charge in [-0.3, -0.25) is 9.69 Å². The largest absolute Gasteiger partial charge is 0.369 e. The molecule has 1 amide bonds. The van der Waals surface area contributed by atoms with Crippen molar-refractivity contribution in [3.63, 3.8) is 0 Å². The van der Waals surface area contributed by atoms with E-state index in [1.807, 2.05) is 0 Å². The maximum absolute atomic E-state index is 13.3. The fraction of sp³-hybridized carbons (Fsp3) is 0.484. The minimum absolute atomic E-state index is 0.298. The maximum Gasteiger partial charge on any atom is 0.223 e. The zero-order chi connectivity index (χ0) is 25.7. The molecule has 0 spiro atoms. The summed E-state index contributed by atoms with van der Waals surface area (Å²) >= 11 is 0. The van der Waals surface area contributed by atoms with Crippen LogP contribution in [-0.2, 0) is 30.7 Å². The molecule has 3 aliphatic rings. The summed E-state index contributed by atoms with van der Waals surface area (Å²) in [5.41, 5.74) is 5.00. The second-order valence-electron chi connectivity index (χ2n) is 11.1. The second kappa shape index (κ2) is 11.7. The number of hydrogen-bond donors (Lipinski definition) is 1. The number of para-hydroxylation sites is 1. The van der Waals surface area contributed by atoms with E-state index in [4.69, 9.17) is 4.52 Å². The Balaban J connectivity index is 1.00. The molecule has 7 heteroatoms. The summed E-state index contributed by atoms with van der Waals surface area (Å²) in [5, 5.41) is 7.98. The molecule has 200 valence electrons. The van der Waals surface area contributed by atoms with Crippen LogP contribution < -0.4 is 10.2 Å². The number of anilines is 1. The Morgan fingerprint density at radius 3 is 2.58 bits per heavy atom. The Morgan fingerprint density at radius 2 is 1.74 bits per heavy atom. The number of carbonyl (C=O) groups excluding carboxylic acids is 1. The maximum atomic E-state index is 13.3. The smallest absolute Gasteiger partial charge is 0.223 e. The first kappa shape index (κ1) is 25.1. The predicted octanol–water partition coefficient (Wildman–Crippen LogP) is 3.74. The molecule has 6 rings (SSSR count). The fourth-order valence-electron chi connectivity index (χ4n) is 6.37. The predicted molar refractivity (Wildman–Crippen MR) is 149 cm³/mol. The summed E-state index contributed by atoms with van der Waals surface area (Å²) in [6.45, 7) is 8.38. The molecule has 4 heterocycles. The number of piperidine rings is 1. The van der Waals surface area contributed by atoms with Gasteiger partial charge in [0.1, 0.15) is 0 Å². The monoisotopic (exact) mass is 513 g/mol. The van der Waals surface area contributed by atoms with Crippen LogP contribution in [0.1, 0.15) is 35.4 Å². The van der Waals surface area contributed by atoms with Crippen molar-refractivity contribution < 1.29 is 9.32 Å². The van der Waals surface area contributed by atoms with E-state index in [-0.39, 0.29) is 0 Å². The third kappa shape index (κ3) is 5.94. The summed E-state index contributed by atoms with van der Waals surface area (Å²) in [4.78, 5) is 20.2. The summed E-state index contributed by atoms with van der Waals surface area (Å²) in [7, 11) is 0. The number of amides is 1. The fourth-order valence-corrected chi connectivity index (χ4v) is 6.37. The quantitative estimate of drug-likeness (QED) is 0.519. The zero-order valence-electron chi connectivity index (χ0n) is 22.2. The van der Waals surface area contributed by atoms with E-state index >= 15 is 0 Å². The number of aromatic nitrogens is 1. The van der Waals surface area contributed by atoms with Gasteiger partial charge in [0.15, 0.2) is 5.76 Å². The highest BCUT2D eigenvalue weighted by molar-refractivity contribution is 5.77. The van der Waals surface area contributed by atoms with Gasteiger partial charge < -0.3 is 19.6 Å². The van der Waals surface area contributed by atoms with Crippen molar-refractivity contribution in [3.05, 3.63) is 83.2 Å². The van der Waals surface area contributed by atoms with E-state index < -0.39 is 0 Å². The van der Waals surface area contributed by atoms with Gasteiger partial charge in [-0.25, -0.2) is 0 Å². The molecule has 3 aliphatic heterocycles. The van der Waals surface area contributed by atoms with Crippen LogP contribution in [0.4, 0.5) is 5.69 Å². The van der Waals surface area contributed by atoms with Crippen LogP contribution in [0.2, 0.25) is 0 Å². The highest BCUT2D eigenvalue weighted by Gasteiger charge is 2.31. The lowest BCUT2D eigenvalue weighted by atomic mass is 9.80. The van der Waals surface area contributed by atoms with Crippen molar-refractivity contribution in [3.8, 4) is 0 Å². The molecule has 1 N–H and O–H groups in total. The van der Waals surface area contributed by atoms with E-state index in [1.54, 1.807) is 0 Å². The highest BCUT2D eigenvalue weighted by Crippen LogP contribution is 2.28. The van der Waals surface area contributed by atoms with Crippen molar-refractivity contribution >= 4 is 11.6 Å². The van der Waals surface area contributed by atoms with Gasteiger partial charge in [0.2, 0.25) is 5.91 Å². The van der Waals surface area contributed by atoms with Crippen LogP contribution in [0, 0.1) is 11.8 Å². The Kier molecular flexibility index (Phi) is 7.74. The van der Waals surface area contributed by atoms with Crippen molar-refractivity contribution in [1.29, 1.82) is 0 Å². The topological polar surface area (TPSA) is 64.9 Å². The SMILES string of the molecule is O=C(C[C@@H]1CCNC[C@@H]1Cc1cc(CN2CCN(c3ccccc3)CC2)on1)N1CCc2ccccc2C1. The average Bonchev–Trinajstić information content (AvgIpc) is 3.41. The number of carbonyl (C=O) groups is 1. The Labute approximate surface area is 225 Å². The lowest BCUT2D eigenvalue weighted by Crippen LogP contribution is -2.45. The summed E-state index contributed by atoms with van der Waals surface area (Å²) in [5.74, 6) is 2.02. The van der Waals surface area contributed by atoms with Gasteiger partial charge in [0.25, 0.3) is 0 Å². The molecular formula is C31H39N5O2. The summed E-state index contributed by atoms with van der Waals surface area (Å²) in [6.07, 6.45) is 3.49. The van der Waals surface area contributed by atoms with Crippen molar-refractivity contribution in [1.82, 2.24) is 20.3 Å². The first-order valence-electron chi connectivity index (χ1n) is 14.2. The molecule has 2 saturated heterocycles. The van der Waals surface area contributed by atoms with Crippen LogP contribution in [0.5, 0.6) is 0 Å². The molecule has 1 aromatic heterocycles. The Morgan fingerprint density at radius 1 is 0.947 bits per heavy atom. The minimum atomic E-state index is 0.298. The Hall–Kier alpha value is -3.16. The lowest BCUT2D eigenvalue weighted by molar-refractivity contribution is -0.133. The summed E-state index contributed by atoms with van der Waals surface area (Å²) in [6, 6.07) is 21.3. The number of benzene rings is 2. The number of rotatable bonds is 7. The van der Waals surface area contributed by atoms with Crippen molar-refractivity contribution in [2.45, 2.75) is 38.8 Å². The van der Waals surface area contributed by atoms with E-state index in [0.717, 1.165) is 89.6 Å². The molecular weight excluding hydrogens is 474 g/mol. The number of nitrogens with zero attached hydrogens (tertiary/aromatic N) is 4. The van der Waals surface area contributed by atoms with Crippen LogP contribution in [0.25, 0.3) is 0 Å². The minimum Gasteiger partial charge on any atom is -0.369 e. The number of piperazine rings is 1. The molecule has 0 bridgehead atoms. The van der Waals surface area contributed by atoms with E-state index in [1.165, 1.54) is 16.8 Å². The lowest BCUT2D eigenvalue weighted by Gasteiger charge is -2.35. The van der Waals surface area contributed by atoms with Gasteiger partial charge in [-0.1, -0.05) is 47.6 Å². The first-order valence-corrected chi connectivity index (χ1v) is 14.2. The van der Waals surface area contributed by atoms with Crippen LogP contribution in [-0.4, -0.2) is 66.7 Å². The first-order chi connectivity index (χ1) is 18.7. The van der Waals surface area contributed by atoms with Crippen LogP contribution >= 0.6 is 0 Å². The number of nitrogens with one attached hydrogen (secondary N) is 1. The molecule has 3 aromatic rings. The summed E-state index contributed by atoms with van der Waals surface area (Å²) < 4.78 is 5.76. The zero-order valence-corrected chi connectivity index (χ0v) is 22.2. The molecule has 0 unspecified atom stereocenters. The molecule has 7 nitrogen and oxygen atoms in total. The van der Waals surface area contributed by atoms with E-state index in [0.29, 0.717) is 24.2 Å². The normalized spacial score (nSPS) is 22.3. The molecule has 0 saturated carbocycles. The highest BCUT2D eigenvalue weighted by atomic mass is 16.5. The standard InChI is InChI=1S/C31H39N5O2/c37-31(36-13-11-24-6-4-5-7-26(24)22-36)19-25-10-12-32-21-27(25)18-28-20-30(38-33-28)23-34-14-16-35(17-15-34)29-8-2-1-3-9-29/h1-9,20,25,27,32H,10-19,21-23H2/t25-,27-/m0/s1. The van der Waals surface area contributed by atoms with Gasteiger partial charge in [-0.05, 0) is 67.4 Å². The number of hydrogen-bond acceptors (Lipinski definition) is 6.